The van der Waals surface area contributed by atoms with Crippen LogP contribution >= 0.6 is 11.6 Å². The Morgan fingerprint density at radius 3 is 2.42 bits per heavy atom. The van der Waals surface area contributed by atoms with Crippen LogP contribution in [0.15, 0.2) is 48.5 Å². The van der Waals surface area contributed by atoms with Gasteiger partial charge in [0.1, 0.15) is 5.82 Å². The van der Waals surface area contributed by atoms with Gasteiger partial charge in [0.15, 0.2) is 0 Å². The Kier molecular flexibility index (Phi) is 5.85. The number of benzene rings is 3. The zero-order chi connectivity index (χ0) is 23.1. The third-order valence-corrected chi connectivity index (χ3v) is 6.72. The van der Waals surface area contributed by atoms with Crippen LogP contribution in [0.2, 0.25) is 5.02 Å². The number of fused-ring (bicyclic) bond motifs is 1. The van der Waals surface area contributed by atoms with E-state index in [0.29, 0.717) is 28.6 Å². The van der Waals surface area contributed by atoms with Crippen molar-refractivity contribution in [2.45, 2.75) is 27.3 Å². The van der Waals surface area contributed by atoms with Gasteiger partial charge in [0.2, 0.25) is 5.95 Å². The maximum Gasteiger partial charge on any atom is 0.204 e. The van der Waals surface area contributed by atoms with Gasteiger partial charge in [-0.1, -0.05) is 48.0 Å². The van der Waals surface area contributed by atoms with E-state index >= 15 is 0 Å². The van der Waals surface area contributed by atoms with Gasteiger partial charge in [-0.2, -0.15) is 0 Å². The molecule has 0 saturated carbocycles. The molecule has 0 amide bonds. The number of hydrogen-bond donors (Lipinski definition) is 2. The molecule has 1 aliphatic heterocycles. The topological polar surface area (TPSA) is 41.9 Å². The second kappa shape index (κ2) is 8.81. The summed E-state index contributed by atoms with van der Waals surface area (Å²) < 4.78 is 16.4. The zero-order valence-electron chi connectivity index (χ0n) is 19.2. The number of hydrogen-bond acceptors (Lipinski definition) is 3. The first-order chi connectivity index (χ1) is 15.9. The van der Waals surface area contributed by atoms with Crippen LogP contribution in [0.25, 0.3) is 22.2 Å². The number of halogens is 2. The van der Waals surface area contributed by atoms with E-state index in [1.54, 1.807) is 0 Å². The van der Waals surface area contributed by atoms with Gasteiger partial charge in [-0.15, -0.1) is 0 Å². The van der Waals surface area contributed by atoms with Crippen molar-refractivity contribution in [3.05, 3.63) is 81.6 Å². The number of rotatable bonds is 6. The SMILES string of the molecule is Cc1ccccc1-c1cc(Cl)cc2c1nc(NCC1CNC1)n2Cc1cc(C)c(F)c(C)c1. The standard InChI is InChI=1S/C27H28ClFN4/c1-16-6-4-5-7-22(16)23-10-21(28)11-24-26(23)32-27(31-14-20-12-30-13-20)33(24)15-19-8-17(2)25(29)18(3)9-19/h4-11,20,30H,12-15H2,1-3H3,(H,31,32). The van der Waals surface area contributed by atoms with Crippen molar-refractivity contribution in [1.29, 1.82) is 0 Å². The van der Waals surface area contributed by atoms with E-state index in [4.69, 9.17) is 16.6 Å². The van der Waals surface area contributed by atoms with Gasteiger partial charge in [0.05, 0.1) is 17.6 Å². The van der Waals surface area contributed by atoms with E-state index in [-0.39, 0.29) is 5.82 Å². The smallest absolute Gasteiger partial charge is 0.204 e. The molecule has 1 saturated heterocycles. The van der Waals surface area contributed by atoms with Gasteiger partial charge >= 0.3 is 0 Å². The molecule has 4 nitrogen and oxygen atoms in total. The summed E-state index contributed by atoms with van der Waals surface area (Å²) in [7, 11) is 0. The van der Waals surface area contributed by atoms with Crippen molar-refractivity contribution in [2.24, 2.45) is 5.92 Å². The average molecular weight is 463 g/mol. The van der Waals surface area contributed by atoms with Crippen LogP contribution in [0.3, 0.4) is 0 Å². The minimum Gasteiger partial charge on any atom is -0.355 e. The fourth-order valence-electron chi connectivity index (χ4n) is 4.60. The van der Waals surface area contributed by atoms with Crippen molar-refractivity contribution < 1.29 is 4.39 Å². The molecule has 0 spiro atoms. The number of anilines is 1. The van der Waals surface area contributed by atoms with E-state index in [9.17, 15) is 4.39 Å². The number of nitrogens with one attached hydrogen (secondary N) is 2. The Hall–Kier alpha value is -2.89. The van der Waals surface area contributed by atoms with Crippen molar-refractivity contribution in [3.63, 3.8) is 0 Å². The highest BCUT2D eigenvalue weighted by Gasteiger charge is 2.21. The van der Waals surface area contributed by atoms with Crippen LogP contribution in [0.1, 0.15) is 22.3 Å². The second-order valence-electron chi connectivity index (χ2n) is 9.11. The molecule has 0 unspecified atom stereocenters. The zero-order valence-corrected chi connectivity index (χ0v) is 19.9. The molecule has 0 radical (unpaired) electrons. The molecule has 33 heavy (non-hydrogen) atoms. The van der Waals surface area contributed by atoms with Crippen molar-refractivity contribution in [3.8, 4) is 11.1 Å². The molecule has 6 heteroatoms. The van der Waals surface area contributed by atoms with Crippen LogP contribution in [0.4, 0.5) is 10.3 Å². The highest BCUT2D eigenvalue weighted by Crippen LogP contribution is 2.35. The van der Waals surface area contributed by atoms with Crippen LogP contribution < -0.4 is 10.6 Å². The van der Waals surface area contributed by atoms with E-state index in [2.05, 4.69) is 34.3 Å². The summed E-state index contributed by atoms with van der Waals surface area (Å²) in [6.07, 6.45) is 0. The third-order valence-electron chi connectivity index (χ3n) is 6.51. The monoisotopic (exact) mass is 462 g/mol. The van der Waals surface area contributed by atoms with E-state index in [1.165, 1.54) is 5.56 Å². The number of aryl methyl sites for hydroxylation is 3. The lowest BCUT2D eigenvalue weighted by molar-refractivity contribution is 0.364. The molecule has 0 bridgehead atoms. The second-order valence-corrected chi connectivity index (χ2v) is 9.54. The van der Waals surface area contributed by atoms with Crippen LogP contribution in [-0.4, -0.2) is 29.2 Å². The molecule has 1 aromatic heterocycles. The van der Waals surface area contributed by atoms with Gasteiger partial charge in [-0.3, -0.25) is 0 Å². The van der Waals surface area contributed by atoms with Crippen LogP contribution in [0, 0.1) is 32.5 Å². The molecule has 4 aromatic rings. The summed E-state index contributed by atoms with van der Waals surface area (Å²) in [5.74, 6) is 1.26. The van der Waals surface area contributed by atoms with Gasteiger partial charge in [0, 0.05) is 36.1 Å². The summed E-state index contributed by atoms with van der Waals surface area (Å²) in [5.41, 5.74) is 7.55. The molecule has 1 aliphatic rings. The molecule has 0 atom stereocenters. The maximum atomic E-state index is 14.3. The lowest BCUT2D eigenvalue weighted by Crippen LogP contribution is -2.45. The highest BCUT2D eigenvalue weighted by atomic mass is 35.5. The average Bonchev–Trinajstić information content (AvgIpc) is 3.08. The van der Waals surface area contributed by atoms with Crippen LogP contribution in [0.5, 0.6) is 0 Å². The molecule has 2 heterocycles. The molecular weight excluding hydrogens is 435 g/mol. The largest absolute Gasteiger partial charge is 0.355 e. The Labute approximate surface area is 198 Å². The van der Waals surface area contributed by atoms with Crippen molar-refractivity contribution in [2.75, 3.05) is 25.0 Å². The molecule has 2 N–H and O–H groups in total. The van der Waals surface area contributed by atoms with Gasteiger partial charge in [-0.25, -0.2) is 9.37 Å². The highest BCUT2D eigenvalue weighted by molar-refractivity contribution is 6.31. The number of aromatic nitrogens is 2. The number of imidazole rings is 1. The fraction of sp³-hybridized carbons (Fsp3) is 0.296. The van der Waals surface area contributed by atoms with E-state index < -0.39 is 0 Å². The van der Waals surface area contributed by atoms with Crippen LogP contribution in [-0.2, 0) is 6.54 Å². The minimum absolute atomic E-state index is 0.144. The van der Waals surface area contributed by atoms with Gasteiger partial charge in [0.25, 0.3) is 0 Å². The van der Waals surface area contributed by atoms with E-state index in [0.717, 1.165) is 53.3 Å². The maximum absolute atomic E-state index is 14.3. The predicted molar refractivity (Wildman–Crippen MR) is 135 cm³/mol. The van der Waals surface area contributed by atoms with Gasteiger partial charge in [-0.05, 0) is 60.7 Å². The molecule has 1 fully saturated rings. The van der Waals surface area contributed by atoms with E-state index in [1.807, 2.05) is 50.2 Å². The third kappa shape index (κ3) is 4.23. The molecule has 170 valence electrons. The fourth-order valence-corrected chi connectivity index (χ4v) is 4.81. The normalized spacial score (nSPS) is 14.0. The predicted octanol–water partition coefficient (Wildman–Crippen LogP) is 6.10. The summed E-state index contributed by atoms with van der Waals surface area (Å²) in [4.78, 5) is 5.06. The molecule has 0 aliphatic carbocycles. The minimum atomic E-state index is -0.144. The lowest BCUT2D eigenvalue weighted by Gasteiger charge is -2.27. The first-order valence-corrected chi connectivity index (χ1v) is 11.7. The summed E-state index contributed by atoms with van der Waals surface area (Å²) in [5, 5.41) is 7.56. The quantitative estimate of drug-likeness (QED) is 0.363. The number of nitrogens with zero attached hydrogens (tertiary/aromatic N) is 2. The molecule has 3 aromatic carbocycles. The Morgan fingerprint density at radius 1 is 1.03 bits per heavy atom. The Bertz CT molecular complexity index is 1320. The first kappa shape index (κ1) is 21.9. The lowest BCUT2D eigenvalue weighted by atomic mass is 9.99. The van der Waals surface area contributed by atoms with Crippen molar-refractivity contribution in [1.82, 2.24) is 14.9 Å². The van der Waals surface area contributed by atoms with Crippen molar-refractivity contribution >= 4 is 28.6 Å². The molecular formula is C27H28ClFN4. The van der Waals surface area contributed by atoms with Gasteiger partial charge < -0.3 is 15.2 Å². The molecule has 5 rings (SSSR count). The summed E-state index contributed by atoms with van der Waals surface area (Å²) in [6.45, 7) is 9.20. The summed E-state index contributed by atoms with van der Waals surface area (Å²) in [6, 6.07) is 16.1. The first-order valence-electron chi connectivity index (χ1n) is 11.4. The Morgan fingerprint density at radius 2 is 1.76 bits per heavy atom. The Balaban J connectivity index is 1.66. The summed E-state index contributed by atoms with van der Waals surface area (Å²) >= 11 is 6.62.